The van der Waals surface area contributed by atoms with Gasteiger partial charge in [0.15, 0.2) is 0 Å². The highest BCUT2D eigenvalue weighted by Crippen LogP contribution is 2.31. The van der Waals surface area contributed by atoms with Crippen molar-refractivity contribution >= 4 is 17.7 Å². The van der Waals surface area contributed by atoms with Crippen LogP contribution in [0.2, 0.25) is 0 Å². The summed E-state index contributed by atoms with van der Waals surface area (Å²) >= 11 is 0. The van der Waals surface area contributed by atoms with Crippen molar-refractivity contribution in [3.8, 4) is 11.1 Å². The molecule has 0 unspecified atom stereocenters. The molecule has 0 spiro atoms. The largest absolute Gasteiger partial charge is 0.462 e. The van der Waals surface area contributed by atoms with Crippen molar-refractivity contribution in [3.63, 3.8) is 0 Å². The molecule has 1 amide bonds. The molecule has 2 aromatic rings. The smallest absolute Gasteiger partial charge is 0.340 e. The van der Waals surface area contributed by atoms with Crippen molar-refractivity contribution in [1.82, 2.24) is 10.3 Å². The van der Waals surface area contributed by atoms with Gasteiger partial charge >= 0.3 is 5.97 Å². The van der Waals surface area contributed by atoms with Gasteiger partial charge in [0, 0.05) is 24.4 Å². The third-order valence-electron chi connectivity index (χ3n) is 4.22. The van der Waals surface area contributed by atoms with Crippen LogP contribution >= 0.6 is 0 Å². The second-order valence-corrected chi connectivity index (χ2v) is 6.82. The van der Waals surface area contributed by atoms with Gasteiger partial charge in [-0.05, 0) is 39.7 Å². The fourth-order valence-corrected chi connectivity index (χ4v) is 2.93. The van der Waals surface area contributed by atoms with Crippen LogP contribution in [0.3, 0.4) is 0 Å². The van der Waals surface area contributed by atoms with E-state index in [-0.39, 0.29) is 24.0 Å². The summed E-state index contributed by atoms with van der Waals surface area (Å²) in [5, 5.41) is 2.61. The number of ether oxygens (including phenoxy) is 2. The quantitative estimate of drug-likeness (QED) is 0.276. The van der Waals surface area contributed by atoms with Crippen LogP contribution in [-0.2, 0) is 14.3 Å². The third-order valence-corrected chi connectivity index (χ3v) is 4.22. The minimum Gasteiger partial charge on any atom is -0.462 e. The van der Waals surface area contributed by atoms with Gasteiger partial charge in [0.25, 0.3) is 11.7 Å². The molecule has 0 aliphatic carbocycles. The van der Waals surface area contributed by atoms with Crippen molar-refractivity contribution in [2.75, 3.05) is 19.8 Å². The minimum atomic E-state index is -0.733. The fourth-order valence-electron chi connectivity index (χ4n) is 2.93. The van der Waals surface area contributed by atoms with E-state index in [4.69, 9.17) is 9.47 Å². The Morgan fingerprint density at radius 2 is 1.83 bits per heavy atom. The standard InChI is InChI=1S/C22H28N2O5/c1-5-28-22(27)17-15(4)24-19(18(17)16-10-7-6-8-11-16)20(25)21(26)23-12-9-13-29-14(2)3/h6-8,10-11,14,24H,5,9,12-13H2,1-4H3,(H,23,26). The van der Waals surface area contributed by atoms with Gasteiger partial charge in [-0.2, -0.15) is 0 Å². The molecule has 0 radical (unpaired) electrons. The van der Waals surface area contributed by atoms with E-state index in [0.717, 1.165) is 0 Å². The highest BCUT2D eigenvalue weighted by molar-refractivity contribution is 6.43. The third kappa shape index (κ3) is 5.77. The fraction of sp³-hybridized carbons (Fsp3) is 0.409. The van der Waals surface area contributed by atoms with E-state index in [0.29, 0.717) is 36.4 Å². The lowest BCUT2D eigenvalue weighted by molar-refractivity contribution is -0.117. The minimum absolute atomic E-state index is 0.0766. The molecule has 2 rings (SSSR count). The first-order valence-corrected chi connectivity index (χ1v) is 9.76. The van der Waals surface area contributed by atoms with Crippen molar-refractivity contribution in [3.05, 3.63) is 47.3 Å². The van der Waals surface area contributed by atoms with Crippen LogP contribution in [0, 0.1) is 6.92 Å². The van der Waals surface area contributed by atoms with E-state index in [1.54, 1.807) is 38.1 Å². The Bertz CT molecular complexity index is 856. The first kappa shape index (κ1) is 22.4. The van der Waals surface area contributed by atoms with E-state index in [1.807, 2.05) is 19.9 Å². The number of hydrogen-bond donors (Lipinski definition) is 2. The monoisotopic (exact) mass is 400 g/mol. The zero-order valence-electron chi connectivity index (χ0n) is 17.3. The van der Waals surface area contributed by atoms with Crippen molar-refractivity contribution in [1.29, 1.82) is 0 Å². The first-order chi connectivity index (χ1) is 13.9. The summed E-state index contributed by atoms with van der Waals surface area (Å²) in [5.41, 5.74) is 1.85. The molecule has 29 heavy (non-hydrogen) atoms. The number of rotatable bonds is 10. The number of ketones is 1. The molecular weight excluding hydrogens is 372 g/mol. The van der Waals surface area contributed by atoms with Gasteiger partial charge in [0.05, 0.1) is 18.3 Å². The van der Waals surface area contributed by atoms with E-state index in [2.05, 4.69) is 10.3 Å². The SMILES string of the molecule is CCOC(=O)c1c(C)[nH]c(C(=O)C(=O)NCCCOC(C)C)c1-c1ccccc1. The molecule has 1 aromatic heterocycles. The van der Waals surface area contributed by atoms with Gasteiger partial charge in [0.1, 0.15) is 5.69 Å². The topological polar surface area (TPSA) is 97.5 Å². The number of H-pyrrole nitrogens is 1. The summed E-state index contributed by atoms with van der Waals surface area (Å²) in [7, 11) is 0. The number of hydrogen-bond acceptors (Lipinski definition) is 5. The number of aromatic amines is 1. The lowest BCUT2D eigenvalue weighted by Gasteiger charge is -2.09. The highest BCUT2D eigenvalue weighted by Gasteiger charge is 2.29. The maximum absolute atomic E-state index is 12.8. The zero-order chi connectivity index (χ0) is 21.4. The molecule has 156 valence electrons. The number of carbonyl (C=O) groups is 3. The highest BCUT2D eigenvalue weighted by atomic mass is 16.5. The summed E-state index contributed by atoms with van der Waals surface area (Å²) in [6.45, 7) is 8.28. The predicted molar refractivity (Wildman–Crippen MR) is 110 cm³/mol. The van der Waals surface area contributed by atoms with E-state index in [9.17, 15) is 14.4 Å². The summed E-state index contributed by atoms with van der Waals surface area (Å²) in [5.74, 6) is -2.00. The normalized spacial score (nSPS) is 10.8. The van der Waals surface area contributed by atoms with Crippen LogP contribution < -0.4 is 5.32 Å². The number of esters is 1. The molecule has 2 N–H and O–H groups in total. The predicted octanol–water partition coefficient (Wildman–Crippen LogP) is 3.28. The van der Waals surface area contributed by atoms with Crippen molar-refractivity contribution in [2.45, 2.75) is 40.2 Å². The van der Waals surface area contributed by atoms with Crippen LogP contribution in [-0.4, -0.2) is 48.5 Å². The summed E-state index contributed by atoms with van der Waals surface area (Å²) in [6, 6.07) is 9.00. The Balaban J connectivity index is 2.27. The van der Waals surface area contributed by atoms with Crippen LogP contribution in [0.4, 0.5) is 0 Å². The number of amides is 1. The number of nitrogens with one attached hydrogen (secondary N) is 2. The van der Waals surface area contributed by atoms with Crippen molar-refractivity contribution in [2.24, 2.45) is 0 Å². The number of aryl methyl sites for hydroxylation is 1. The Morgan fingerprint density at radius 1 is 1.14 bits per heavy atom. The molecule has 7 nitrogen and oxygen atoms in total. The van der Waals surface area contributed by atoms with Gasteiger partial charge in [-0.25, -0.2) is 4.79 Å². The summed E-state index contributed by atoms with van der Waals surface area (Å²) in [4.78, 5) is 40.6. The van der Waals surface area contributed by atoms with Crippen LogP contribution in [0.5, 0.6) is 0 Å². The molecule has 0 aliphatic heterocycles. The Kier molecular flexibility index (Phi) is 8.15. The molecule has 1 aromatic carbocycles. The number of Topliss-reactive ketones (excluding diaryl/α,β-unsaturated/α-hetero) is 1. The second-order valence-electron chi connectivity index (χ2n) is 6.82. The Hall–Kier alpha value is -2.93. The lowest BCUT2D eigenvalue weighted by Crippen LogP contribution is -2.32. The molecular formula is C22H28N2O5. The van der Waals surface area contributed by atoms with Gasteiger partial charge in [0.2, 0.25) is 0 Å². The molecule has 0 aliphatic rings. The second kappa shape index (κ2) is 10.6. The van der Waals surface area contributed by atoms with Crippen LogP contribution in [0.25, 0.3) is 11.1 Å². The Morgan fingerprint density at radius 3 is 2.45 bits per heavy atom. The average Bonchev–Trinajstić information content (AvgIpc) is 3.04. The van der Waals surface area contributed by atoms with Gasteiger partial charge in [-0.3, -0.25) is 9.59 Å². The van der Waals surface area contributed by atoms with E-state index in [1.165, 1.54) is 0 Å². The molecule has 7 heteroatoms. The van der Waals surface area contributed by atoms with Gasteiger partial charge < -0.3 is 19.8 Å². The molecule has 0 bridgehead atoms. The maximum Gasteiger partial charge on any atom is 0.340 e. The van der Waals surface area contributed by atoms with Crippen molar-refractivity contribution < 1.29 is 23.9 Å². The molecule has 0 atom stereocenters. The number of carbonyl (C=O) groups excluding carboxylic acids is 3. The first-order valence-electron chi connectivity index (χ1n) is 9.76. The molecule has 0 fully saturated rings. The van der Waals surface area contributed by atoms with E-state index >= 15 is 0 Å². The zero-order valence-corrected chi connectivity index (χ0v) is 17.3. The lowest BCUT2D eigenvalue weighted by atomic mass is 9.98. The van der Waals surface area contributed by atoms with Gasteiger partial charge in [-0.1, -0.05) is 30.3 Å². The summed E-state index contributed by atoms with van der Waals surface area (Å²) in [6.07, 6.45) is 0.713. The maximum atomic E-state index is 12.8. The van der Waals surface area contributed by atoms with Gasteiger partial charge in [-0.15, -0.1) is 0 Å². The van der Waals surface area contributed by atoms with E-state index < -0.39 is 17.7 Å². The Labute approximate surface area is 170 Å². The van der Waals surface area contributed by atoms with Crippen LogP contribution in [0.15, 0.2) is 30.3 Å². The molecule has 1 heterocycles. The number of aromatic nitrogens is 1. The van der Waals surface area contributed by atoms with Crippen LogP contribution in [0.1, 0.15) is 53.7 Å². The summed E-state index contributed by atoms with van der Waals surface area (Å²) < 4.78 is 10.6. The molecule has 0 saturated heterocycles. The number of benzene rings is 1. The average molecular weight is 400 g/mol. The molecule has 0 saturated carbocycles.